The predicted octanol–water partition coefficient (Wildman–Crippen LogP) is 3.35. The van der Waals surface area contributed by atoms with Gasteiger partial charge in [0, 0.05) is 6.54 Å². The molecule has 0 radical (unpaired) electrons. The highest BCUT2D eigenvalue weighted by atomic mass is 19.3. The van der Waals surface area contributed by atoms with Gasteiger partial charge in [0.25, 0.3) is 5.91 Å². The van der Waals surface area contributed by atoms with Crippen molar-refractivity contribution in [2.75, 3.05) is 13.2 Å². The normalized spacial score (nSPS) is 11.6. The van der Waals surface area contributed by atoms with Crippen molar-refractivity contribution >= 4 is 11.9 Å². The lowest BCUT2D eigenvalue weighted by Crippen LogP contribution is -2.34. The number of alkyl halides is 2. The van der Waals surface area contributed by atoms with Crippen LogP contribution in [-0.2, 0) is 20.7 Å². The molecule has 2 aromatic rings. The van der Waals surface area contributed by atoms with Crippen LogP contribution in [0.25, 0.3) is 0 Å². The molecule has 0 aliphatic carbocycles. The lowest BCUT2D eigenvalue weighted by atomic mass is 10.1. The highest BCUT2D eigenvalue weighted by Gasteiger charge is 2.21. The second kappa shape index (κ2) is 11.6. The Bertz CT molecular complexity index is 768. The number of nitrogens with one attached hydrogen (secondary N) is 1. The molecule has 0 saturated heterocycles. The summed E-state index contributed by atoms with van der Waals surface area (Å²) in [6.07, 6.45) is 0.100. The zero-order valence-electron chi connectivity index (χ0n) is 16.0. The van der Waals surface area contributed by atoms with Gasteiger partial charge in [0.2, 0.25) is 0 Å². The van der Waals surface area contributed by atoms with Crippen LogP contribution in [0.4, 0.5) is 8.78 Å². The van der Waals surface area contributed by atoms with Crippen LogP contribution in [0.3, 0.4) is 0 Å². The van der Waals surface area contributed by atoms with Gasteiger partial charge in [-0.1, -0.05) is 37.3 Å². The minimum atomic E-state index is -2.87. The maximum atomic E-state index is 12.1. The molecule has 1 atom stereocenters. The lowest BCUT2D eigenvalue weighted by molar-refractivity contribution is -0.155. The van der Waals surface area contributed by atoms with Gasteiger partial charge in [0.1, 0.15) is 11.5 Å². The third-order valence-electron chi connectivity index (χ3n) is 3.89. The first kappa shape index (κ1) is 22.1. The summed E-state index contributed by atoms with van der Waals surface area (Å²) in [4.78, 5) is 23.9. The fourth-order valence-corrected chi connectivity index (χ4v) is 2.43. The highest BCUT2D eigenvalue weighted by Crippen LogP contribution is 2.15. The van der Waals surface area contributed by atoms with Crippen molar-refractivity contribution in [3.8, 4) is 11.5 Å². The summed E-state index contributed by atoms with van der Waals surface area (Å²) < 4.78 is 39.1. The molecule has 0 saturated carbocycles. The molecule has 0 unspecified atom stereocenters. The molecule has 0 aromatic heterocycles. The third kappa shape index (κ3) is 8.16. The molecule has 1 N–H and O–H groups in total. The van der Waals surface area contributed by atoms with Crippen LogP contribution in [0, 0.1) is 0 Å². The van der Waals surface area contributed by atoms with E-state index in [4.69, 9.17) is 9.47 Å². The average Bonchev–Trinajstić information content (AvgIpc) is 2.72. The molecule has 156 valence electrons. The van der Waals surface area contributed by atoms with Crippen LogP contribution >= 0.6 is 0 Å². The van der Waals surface area contributed by atoms with Crippen molar-refractivity contribution in [3.05, 3.63) is 60.2 Å². The average molecular weight is 407 g/mol. The number of para-hydroxylation sites is 1. The summed E-state index contributed by atoms with van der Waals surface area (Å²) in [5.41, 5.74) is 0.839. The Balaban J connectivity index is 1.68. The van der Waals surface area contributed by atoms with Crippen LogP contribution in [-0.4, -0.2) is 37.7 Å². The zero-order chi connectivity index (χ0) is 21.1. The molecule has 0 spiro atoms. The molecule has 2 rings (SSSR count). The number of halogens is 2. The van der Waals surface area contributed by atoms with Crippen molar-refractivity contribution < 1.29 is 32.6 Å². The Morgan fingerprint density at radius 3 is 2.24 bits per heavy atom. The van der Waals surface area contributed by atoms with Gasteiger partial charge in [0.15, 0.2) is 12.7 Å². The number of hydrogen-bond donors (Lipinski definition) is 1. The van der Waals surface area contributed by atoms with E-state index in [-0.39, 0.29) is 5.75 Å². The van der Waals surface area contributed by atoms with E-state index in [1.807, 2.05) is 6.07 Å². The van der Waals surface area contributed by atoms with E-state index in [0.717, 1.165) is 5.56 Å². The summed E-state index contributed by atoms with van der Waals surface area (Å²) >= 11 is 0. The first-order chi connectivity index (χ1) is 14.0. The number of esters is 1. The number of ether oxygens (including phenoxy) is 3. The highest BCUT2D eigenvalue weighted by molar-refractivity contribution is 5.82. The second-order valence-corrected chi connectivity index (χ2v) is 6.06. The largest absolute Gasteiger partial charge is 0.479 e. The van der Waals surface area contributed by atoms with E-state index in [1.165, 1.54) is 12.1 Å². The van der Waals surface area contributed by atoms with E-state index in [9.17, 15) is 18.4 Å². The van der Waals surface area contributed by atoms with Crippen molar-refractivity contribution in [1.29, 1.82) is 0 Å². The molecule has 1 amide bonds. The molecule has 8 heteroatoms. The first-order valence-electron chi connectivity index (χ1n) is 9.16. The molecule has 2 aromatic carbocycles. The smallest absolute Gasteiger partial charge is 0.387 e. The Kier molecular flexibility index (Phi) is 8.88. The number of carbonyl (C=O) groups is 2. The summed E-state index contributed by atoms with van der Waals surface area (Å²) in [5.74, 6) is -0.430. The molecule has 0 aliphatic rings. The van der Waals surface area contributed by atoms with Crippen molar-refractivity contribution in [1.82, 2.24) is 5.32 Å². The first-order valence-corrected chi connectivity index (χ1v) is 9.16. The van der Waals surface area contributed by atoms with E-state index >= 15 is 0 Å². The minimum absolute atomic E-state index is 0.0721. The fraction of sp³-hybridized carbons (Fsp3) is 0.333. The number of hydrogen-bond acceptors (Lipinski definition) is 5. The van der Waals surface area contributed by atoms with Gasteiger partial charge >= 0.3 is 12.6 Å². The maximum absolute atomic E-state index is 12.1. The SMILES string of the molecule is CC[C@H](Oc1ccccc1)C(=O)OCC(=O)NCCc1ccc(OC(F)F)cc1. The monoisotopic (exact) mass is 407 g/mol. The Morgan fingerprint density at radius 2 is 1.62 bits per heavy atom. The second-order valence-electron chi connectivity index (χ2n) is 6.06. The zero-order valence-corrected chi connectivity index (χ0v) is 16.0. The van der Waals surface area contributed by atoms with Gasteiger partial charge in [-0.2, -0.15) is 8.78 Å². The Labute approximate surface area is 167 Å². The fourth-order valence-electron chi connectivity index (χ4n) is 2.43. The molecular weight excluding hydrogens is 384 g/mol. The molecular formula is C21H23F2NO5. The molecule has 0 fully saturated rings. The summed E-state index contributed by atoms with van der Waals surface area (Å²) in [6, 6.07) is 15.0. The Morgan fingerprint density at radius 1 is 0.966 bits per heavy atom. The van der Waals surface area contributed by atoms with Crippen LogP contribution in [0.1, 0.15) is 18.9 Å². The van der Waals surface area contributed by atoms with Crippen LogP contribution in [0.5, 0.6) is 11.5 Å². The molecule has 6 nitrogen and oxygen atoms in total. The topological polar surface area (TPSA) is 73.9 Å². The minimum Gasteiger partial charge on any atom is -0.479 e. The maximum Gasteiger partial charge on any atom is 0.387 e. The molecule has 0 heterocycles. The van der Waals surface area contributed by atoms with Gasteiger partial charge in [-0.05, 0) is 42.7 Å². The van der Waals surface area contributed by atoms with Crippen LogP contribution < -0.4 is 14.8 Å². The van der Waals surface area contributed by atoms with E-state index < -0.39 is 31.2 Å². The third-order valence-corrected chi connectivity index (χ3v) is 3.89. The number of amides is 1. The van der Waals surface area contributed by atoms with Gasteiger partial charge in [-0.3, -0.25) is 4.79 Å². The summed E-state index contributed by atoms with van der Waals surface area (Å²) in [7, 11) is 0. The van der Waals surface area contributed by atoms with Crippen LogP contribution in [0.15, 0.2) is 54.6 Å². The van der Waals surface area contributed by atoms with Gasteiger partial charge in [0.05, 0.1) is 0 Å². The predicted molar refractivity (Wildman–Crippen MR) is 102 cm³/mol. The van der Waals surface area contributed by atoms with Crippen LogP contribution in [0.2, 0.25) is 0 Å². The van der Waals surface area contributed by atoms with Gasteiger partial charge in [-0.15, -0.1) is 0 Å². The molecule has 29 heavy (non-hydrogen) atoms. The van der Waals surface area contributed by atoms with Crippen molar-refractivity contribution in [3.63, 3.8) is 0 Å². The number of carbonyl (C=O) groups excluding carboxylic acids is 2. The Hall–Kier alpha value is -3.16. The lowest BCUT2D eigenvalue weighted by Gasteiger charge is -2.16. The van der Waals surface area contributed by atoms with Gasteiger partial charge < -0.3 is 19.5 Å². The quantitative estimate of drug-likeness (QED) is 0.579. The standard InChI is InChI=1S/C21H23F2NO5/c1-2-18(28-16-6-4-3-5-7-16)20(26)27-14-19(25)24-13-12-15-8-10-17(11-9-15)29-21(22)23/h3-11,18,21H,2,12-14H2,1H3,(H,24,25)/t18-/m0/s1. The van der Waals surface area contributed by atoms with Crippen molar-refractivity contribution in [2.24, 2.45) is 0 Å². The van der Waals surface area contributed by atoms with Crippen molar-refractivity contribution in [2.45, 2.75) is 32.5 Å². The molecule has 0 bridgehead atoms. The van der Waals surface area contributed by atoms with E-state index in [1.54, 1.807) is 43.3 Å². The summed E-state index contributed by atoms with van der Waals surface area (Å²) in [5, 5.41) is 2.63. The number of benzene rings is 2. The summed E-state index contributed by atoms with van der Waals surface area (Å²) in [6.45, 7) is -1.18. The van der Waals surface area contributed by atoms with Gasteiger partial charge in [-0.25, -0.2) is 4.79 Å². The number of rotatable bonds is 11. The molecule has 0 aliphatic heterocycles. The van der Waals surface area contributed by atoms with E-state index in [0.29, 0.717) is 25.1 Å². The van der Waals surface area contributed by atoms with E-state index in [2.05, 4.69) is 10.1 Å².